The minimum absolute atomic E-state index is 0.152. The fourth-order valence-electron chi connectivity index (χ4n) is 2.31. The molecule has 0 aromatic heterocycles. The van der Waals surface area contributed by atoms with Gasteiger partial charge in [0.1, 0.15) is 0 Å². The summed E-state index contributed by atoms with van der Waals surface area (Å²) in [4.78, 5) is 23.4. The molecule has 1 aromatic carbocycles. The van der Waals surface area contributed by atoms with E-state index in [4.69, 9.17) is 5.73 Å². The van der Waals surface area contributed by atoms with Crippen molar-refractivity contribution in [1.29, 1.82) is 0 Å². The summed E-state index contributed by atoms with van der Waals surface area (Å²) < 4.78 is 0. The van der Waals surface area contributed by atoms with Gasteiger partial charge in [-0.3, -0.25) is 9.59 Å². The van der Waals surface area contributed by atoms with Crippen LogP contribution in [-0.4, -0.2) is 23.5 Å². The molecule has 1 rings (SSSR count). The second kappa shape index (κ2) is 7.78. The second-order valence-electron chi connectivity index (χ2n) is 5.22. The summed E-state index contributed by atoms with van der Waals surface area (Å²) >= 11 is 0. The van der Waals surface area contributed by atoms with E-state index in [0.29, 0.717) is 19.4 Å². The van der Waals surface area contributed by atoms with Crippen molar-refractivity contribution in [1.82, 2.24) is 5.32 Å². The molecule has 5 nitrogen and oxygen atoms in total. The Morgan fingerprint density at radius 1 is 1.19 bits per heavy atom. The topological polar surface area (TPSA) is 92.4 Å². The van der Waals surface area contributed by atoms with Crippen LogP contribution < -0.4 is 11.1 Å². The van der Waals surface area contributed by atoms with Crippen molar-refractivity contribution in [2.45, 2.75) is 39.7 Å². The second-order valence-corrected chi connectivity index (χ2v) is 5.22. The number of hydrogen-bond acceptors (Lipinski definition) is 3. The molecular weight excluding hydrogens is 268 g/mol. The van der Waals surface area contributed by atoms with Gasteiger partial charge in [-0.2, -0.15) is 0 Å². The Kier molecular flexibility index (Phi) is 6.37. The average Bonchev–Trinajstić information content (AvgIpc) is 2.49. The molecule has 0 heterocycles. The van der Waals surface area contributed by atoms with E-state index in [1.165, 1.54) is 0 Å². The Labute approximate surface area is 125 Å². The van der Waals surface area contributed by atoms with Crippen LogP contribution in [0.2, 0.25) is 0 Å². The lowest BCUT2D eigenvalue weighted by Gasteiger charge is -2.26. The summed E-state index contributed by atoms with van der Waals surface area (Å²) in [6.07, 6.45) is 1.19. The van der Waals surface area contributed by atoms with Crippen LogP contribution in [0.5, 0.6) is 0 Å². The van der Waals surface area contributed by atoms with Gasteiger partial charge in [-0.15, -0.1) is 0 Å². The Morgan fingerprint density at radius 3 is 2.24 bits per heavy atom. The van der Waals surface area contributed by atoms with Crippen molar-refractivity contribution in [2.24, 2.45) is 11.1 Å². The van der Waals surface area contributed by atoms with Crippen LogP contribution >= 0.6 is 0 Å². The predicted molar refractivity (Wildman–Crippen MR) is 81.7 cm³/mol. The van der Waals surface area contributed by atoms with E-state index in [9.17, 15) is 14.7 Å². The number of aliphatic carboxylic acids is 1. The number of rotatable bonds is 8. The summed E-state index contributed by atoms with van der Waals surface area (Å²) in [6.45, 7) is 4.19. The van der Waals surface area contributed by atoms with Gasteiger partial charge >= 0.3 is 5.97 Å². The standard InChI is InChI=1S/C16H24N2O3/c1-3-16(4-2,15(20)21)11-18-14(19)9-12-7-5-6-8-13(12)10-17/h5-8H,3-4,9-11,17H2,1-2H3,(H,18,19)(H,20,21). The molecule has 0 saturated carbocycles. The molecule has 0 saturated heterocycles. The first-order valence-electron chi connectivity index (χ1n) is 7.26. The summed E-state index contributed by atoms with van der Waals surface area (Å²) in [5, 5.41) is 12.1. The zero-order valence-corrected chi connectivity index (χ0v) is 12.7. The van der Waals surface area contributed by atoms with Crippen LogP contribution in [0.15, 0.2) is 24.3 Å². The van der Waals surface area contributed by atoms with Gasteiger partial charge in [-0.1, -0.05) is 38.1 Å². The van der Waals surface area contributed by atoms with E-state index in [2.05, 4.69) is 5.32 Å². The van der Waals surface area contributed by atoms with Gasteiger partial charge in [0.05, 0.1) is 11.8 Å². The molecule has 1 amide bonds. The van der Waals surface area contributed by atoms with E-state index in [1.54, 1.807) is 0 Å². The third kappa shape index (κ3) is 4.29. The first-order valence-corrected chi connectivity index (χ1v) is 7.26. The number of benzene rings is 1. The number of carboxylic acids is 1. The van der Waals surface area contributed by atoms with E-state index in [1.807, 2.05) is 38.1 Å². The van der Waals surface area contributed by atoms with Gasteiger partial charge in [-0.05, 0) is 24.0 Å². The molecule has 0 unspecified atom stereocenters. The van der Waals surface area contributed by atoms with E-state index in [0.717, 1.165) is 11.1 Å². The molecule has 0 atom stereocenters. The smallest absolute Gasteiger partial charge is 0.311 e. The number of nitrogens with one attached hydrogen (secondary N) is 1. The molecule has 0 radical (unpaired) electrons. The van der Waals surface area contributed by atoms with Crippen molar-refractivity contribution in [3.05, 3.63) is 35.4 Å². The highest BCUT2D eigenvalue weighted by Crippen LogP contribution is 2.25. The molecule has 0 fully saturated rings. The van der Waals surface area contributed by atoms with Crippen LogP contribution in [-0.2, 0) is 22.6 Å². The minimum atomic E-state index is -0.886. The number of hydrogen-bond donors (Lipinski definition) is 3. The molecule has 1 aromatic rings. The predicted octanol–water partition coefficient (Wildman–Crippen LogP) is 1.69. The monoisotopic (exact) mass is 292 g/mol. The van der Waals surface area contributed by atoms with E-state index in [-0.39, 0.29) is 18.9 Å². The number of amides is 1. The van der Waals surface area contributed by atoms with E-state index < -0.39 is 11.4 Å². The van der Waals surface area contributed by atoms with Crippen molar-refractivity contribution >= 4 is 11.9 Å². The normalized spacial score (nSPS) is 11.2. The largest absolute Gasteiger partial charge is 0.481 e. The van der Waals surface area contributed by atoms with Crippen molar-refractivity contribution in [2.75, 3.05) is 6.54 Å². The third-order valence-corrected chi connectivity index (χ3v) is 4.12. The number of carboxylic acid groups (broad SMARTS) is 1. The van der Waals surface area contributed by atoms with Crippen LogP contribution in [0, 0.1) is 5.41 Å². The maximum absolute atomic E-state index is 12.0. The molecule has 116 valence electrons. The maximum atomic E-state index is 12.0. The van der Waals surface area contributed by atoms with Crippen molar-refractivity contribution in [3.8, 4) is 0 Å². The van der Waals surface area contributed by atoms with Crippen molar-refractivity contribution in [3.63, 3.8) is 0 Å². The highest BCUT2D eigenvalue weighted by atomic mass is 16.4. The summed E-state index contributed by atoms with van der Waals surface area (Å²) in [6, 6.07) is 7.50. The lowest BCUT2D eigenvalue weighted by atomic mass is 9.82. The Morgan fingerprint density at radius 2 is 1.76 bits per heavy atom. The number of carbonyl (C=O) groups is 2. The molecule has 0 spiro atoms. The van der Waals surface area contributed by atoms with Gasteiger partial charge in [0.2, 0.25) is 5.91 Å². The summed E-state index contributed by atoms with van der Waals surface area (Å²) in [5.41, 5.74) is 6.57. The average molecular weight is 292 g/mol. The maximum Gasteiger partial charge on any atom is 0.311 e. The highest BCUT2D eigenvalue weighted by molar-refractivity contribution is 5.80. The van der Waals surface area contributed by atoms with Crippen LogP contribution in [0.4, 0.5) is 0 Å². The van der Waals surface area contributed by atoms with Crippen LogP contribution in [0.3, 0.4) is 0 Å². The Hall–Kier alpha value is -1.88. The van der Waals surface area contributed by atoms with Gasteiger partial charge < -0.3 is 16.2 Å². The molecule has 0 aliphatic carbocycles. The van der Waals surface area contributed by atoms with Crippen LogP contribution in [0.25, 0.3) is 0 Å². The molecular formula is C16H24N2O3. The first-order chi connectivity index (χ1) is 9.99. The minimum Gasteiger partial charge on any atom is -0.481 e. The Bertz CT molecular complexity index is 496. The quantitative estimate of drug-likeness (QED) is 0.680. The Balaban J connectivity index is 2.68. The van der Waals surface area contributed by atoms with E-state index >= 15 is 0 Å². The SMILES string of the molecule is CCC(CC)(CNC(=O)Cc1ccccc1CN)C(=O)O. The zero-order valence-electron chi connectivity index (χ0n) is 12.7. The van der Waals surface area contributed by atoms with Gasteiger partial charge in [0.15, 0.2) is 0 Å². The van der Waals surface area contributed by atoms with Crippen LogP contribution in [0.1, 0.15) is 37.8 Å². The fraction of sp³-hybridized carbons (Fsp3) is 0.500. The lowest BCUT2D eigenvalue weighted by Crippen LogP contribution is -2.42. The van der Waals surface area contributed by atoms with Gasteiger partial charge in [0.25, 0.3) is 0 Å². The molecule has 0 aliphatic heterocycles. The molecule has 21 heavy (non-hydrogen) atoms. The van der Waals surface area contributed by atoms with Crippen molar-refractivity contribution < 1.29 is 14.7 Å². The lowest BCUT2D eigenvalue weighted by molar-refractivity contribution is -0.149. The molecule has 0 aliphatic rings. The number of nitrogens with two attached hydrogens (primary N) is 1. The fourth-order valence-corrected chi connectivity index (χ4v) is 2.31. The zero-order chi connectivity index (χ0) is 15.9. The van der Waals surface area contributed by atoms with Gasteiger partial charge in [0, 0.05) is 13.1 Å². The highest BCUT2D eigenvalue weighted by Gasteiger charge is 2.35. The summed E-state index contributed by atoms with van der Waals surface area (Å²) in [5.74, 6) is -1.04. The molecule has 4 N–H and O–H groups in total. The number of carbonyl (C=O) groups excluding carboxylic acids is 1. The summed E-state index contributed by atoms with van der Waals surface area (Å²) in [7, 11) is 0. The first kappa shape index (κ1) is 17.2. The third-order valence-electron chi connectivity index (χ3n) is 4.12. The molecule has 5 heteroatoms. The molecule has 0 bridgehead atoms. The van der Waals surface area contributed by atoms with Gasteiger partial charge in [-0.25, -0.2) is 0 Å².